The number of rotatable bonds is 36. The van der Waals surface area contributed by atoms with E-state index >= 15 is 0 Å². The predicted molar refractivity (Wildman–Crippen MR) is 222 cm³/mol. The van der Waals surface area contributed by atoms with Crippen LogP contribution in [0.4, 0.5) is 0 Å². The number of hydrogen-bond donors (Lipinski definition) is 0. The molecule has 2 atom stereocenters. The van der Waals surface area contributed by atoms with Gasteiger partial charge in [0.05, 0.1) is 27.7 Å². The Kier molecular flexibility index (Phi) is 34.4. The van der Waals surface area contributed by atoms with Crippen LogP contribution in [0, 0.1) is 0 Å². The van der Waals surface area contributed by atoms with Crippen molar-refractivity contribution >= 4 is 19.8 Å². The molecule has 0 saturated heterocycles. The van der Waals surface area contributed by atoms with E-state index in [1.807, 2.05) is 27.2 Å². The maximum atomic E-state index is 12.6. The highest BCUT2D eigenvalue weighted by molar-refractivity contribution is 7.45. The average Bonchev–Trinajstić information content (AvgIpc) is 3.12. The SMILES string of the molecule is CC/C=C/C/C=C/C/C=C/C/C=C/C/C=C/CCCC(=O)OC[C@H](COP(=O)([O-])OCC[N+](C)(C)C)OC(=O)CCCCC/C=C/CCCCCCCC. The van der Waals surface area contributed by atoms with Crippen LogP contribution in [0.25, 0.3) is 0 Å². The van der Waals surface area contributed by atoms with Crippen LogP contribution in [0.3, 0.4) is 0 Å². The molecule has 0 aliphatic carbocycles. The van der Waals surface area contributed by atoms with Gasteiger partial charge in [-0.1, -0.05) is 125 Å². The first-order valence-electron chi connectivity index (χ1n) is 20.6. The number of allylic oxidation sites excluding steroid dienone is 12. The van der Waals surface area contributed by atoms with Gasteiger partial charge in [0, 0.05) is 12.8 Å². The van der Waals surface area contributed by atoms with Gasteiger partial charge in [-0.25, -0.2) is 0 Å². The second-order valence-corrected chi connectivity index (χ2v) is 16.0. The summed E-state index contributed by atoms with van der Waals surface area (Å²) in [5.74, 6) is -0.930. The number of unbranched alkanes of at least 4 members (excludes halogenated alkanes) is 10. The number of likely N-dealkylation sites (N-methyl/N-ethyl adjacent to an activating group) is 1. The van der Waals surface area contributed by atoms with Crippen LogP contribution in [0.1, 0.15) is 142 Å². The highest BCUT2D eigenvalue weighted by Gasteiger charge is 2.21. The Balaban J connectivity index is 4.53. The molecule has 0 saturated carbocycles. The molecule has 54 heavy (non-hydrogen) atoms. The monoisotopic (exact) mass is 778 g/mol. The summed E-state index contributed by atoms with van der Waals surface area (Å²) in [6, 6.07) is 0. The largest absolute Gasteiger partial charge is 0.756 e. The molecule has 0 heterocycles. The van der Waals surface area contributed by atoms with Gasteiger partial charge in [-0.3, -0.25) is 14.2 Å². The normalized spacial score (nSPS) is 14.4. The molecule has 0 aliphatic rings. The van der Waals surface area contributed by atoms with Gasteiger partial charge in [-0.05, 0) is 77.0 Å². The van der Waals surface area contributed by atoms with Gasteiger partial charge in [-0.2, -0.15) is 0 Å². The fourth-order valence-electron chi connectivity index (χ4n) is 4.98. The zero-order valence-electron chi connectivity index (χ0n) is 34.6. The van der Waals surface area contributed by atoms with Gasteiger partial charge in [0.1, 0.15) is 19.8 Å². The van der Waals surface area contributed by atoms with E-state index in [0.29, 0.717) is 23.9 Å². The standard InChI is InChI=1S/C44H76NO8P/c1-6-8-10-12-14-16-18-20-21-22-23-25-26-28-30-32-34-36-43(46)50-40-42(41-52-54(48,49)51-39-38-45(3,4)5)53-44(47)37-35-33-31-29-27-24-19-17-15-13-11-9-7-2/h8,10,14,16,20-21,23-25,27-28,30,42H,6-7,9,11-13,15,17-19,22,26,29,31-41H2,1-5H3/b10-8+,16-14+,21-20+,25-23+,27-24+,30-28+/t42-/m1/s1. The Morgan fingerprint density at radius 2 is 1.07 bits per heavy atom. The van der Waals surface area contributed by atoms with E-state index in [9.17, 15) is 19.0 Å². The second kappa shape index (κ2) is 36.1. The van der Waals surface area contributed by atoms with Gasteiger partial charge < -0.3 is 27.9 Å². The summed E-state index contributed by atoms with van der Waals surface area (Å²) >= 11 is 0. The number of carbonyl (C=O) groups is 2. The quantitative estimate of drug-likeness (QED) is 0.0203. The molecule has 0 aromatic rings. The van der Waals surface area contributed by atoms with Crippen molar-refractivity contribution in [3.8, 4) is 0 Å². The number of phosphoric ester groups is 1. The lowest BCUT2D eigenvalue weighted by atomic mass is 10.1. The van der Waals surface area contributed by atoms with Crippen LogP contribution in [0.15, 0.2) is 72.9 Å². The smallest absolute Gasteiger partial charge is 0.306 e. The second-order valence-electron chi connectivity index (χ2n) is 14.6. The Hall–Kier alpha value is -2.55. The van der Waals surface area contributed by atoms with Crippen molar-refractivity contribution in [1.29, 1.82) is 0 Å². The lowest BCUT2D eigenvalue weighted by molar-refractivity contribution is -0.870. The lowest BCUT2D eigenvalue weighted by Gasteiger charge is -2.28. The van der Waals surface area contributed by atoms with E-state index in [2.05, 4.69) is 80.7 Å². The molecule has 0 aromatic carbocycles. The molecular formula is C44H76NO8P. The number of ether oxygens (including phenoxy) is 2. The van der Waals surface area contributed by atoms with Crippen molar-refractivity contribution in [3.05, 3.63) is 72.9 Å². The summed E-state index contributed by atoms with van der Waals surface area (Å²) in [6.45, 7) is 3.99. The minimum Gasteiger partial charge on any atom is -0.756 e. The van der Waals surface area contributed by atoms with Gasteiger partial charge in [-0.15, -0.1) is 0 Å². The maximum absolute atomic E-state index is 12.6. The Bertz CT molecular complexity index is 1150. The topological polar surface area (TPSA) is 111 Å². The lowest BCUT2D eigenvalue weighted by Crippen LogP contribution is -2.37. The molecule has 0 N–H and O–H groups in total. The van der Waals surface area contributed by atoms with Crippen molar-refractivity contribution in [1.82, 2.24) is 0 Å². The highest BCUT2D eigenvalue weighted by Crippen LogP contribution is 2.38. The summed E-state index contributed by atoms with van der Waals surface area (Å²) in [6.07, 6.45) is 43.7. The summed E-state index contributed by atoms with van der Waals surface area (Å²) in [5, 5.41) is 0. The Labute approximate surface area is 329 Å². The number of quaternary nitrogens is 1. The molecule has 1 unspecified atom stereocenters. The summed E-state index contributed by atoms with van der Waals surface area (Å²) < 4.78 is 33.7. The molecule has 0 spiro atoms. The van der Waals surface area contributed by atoms with Gasteiger partial charge >= 0.3 is 11.9 Å². The zero-order valence-corrected chi connectivity index (χ0v) is 35.5. The van der Waals surface area contributed by atoms with E-state index < -0.39 is 32.5 Å². The first-order valence-corrected chi connectivity index (χ1v) is 22.1. The van der Waals surface area contributed by atoms with Crippen molar-refractivity contribution in [2.75, 3.05) is 47.5 Å². The Morgan fingerprint density at radius 1 is 0.593 bits per heavy atom. The van der Waals surface area contributed by atoms with Crippen molar-refractivity contribution < 1.29 is 42.1 Å². The van der Waals surface area contributed by atoms with Crippen LogP contribution in [-0.4, -0.2) is 70.0 Å². The van der Waals surface area contributed by atoms with Crippen molar-refractivity contribution in [2.24, 2.45) is 0 Å². The van der Waals surface area contributed by atoms with Crippen molar-refractivity contribution in [3.63, 3.8) is 0 Å². The first-order chi connectivity index (χ1) is 26.0. The molecular weight excluding hydrogens is 701 g/mol. The zero-order chi connectivity index (χ0) is 40.0. The summed E-state index contributed by atoms with van der Waals surface area (Å²) in [7, 11) is 1.11. The number of phosphoric acid groups is 1. The first kappa shape index (κ1) is 51.5. The minimum atomic E-state index is -4.64. The van der Waals surface area contributed by atoms with Crippen LogP contribution in [-0.2, 0) is 32.7 Å². The third kappa shape index (κ3) is 39.2. The fourth-order valence-corrected chi connectivity index (χ4v) is 5.71. The van der Waals surface area contributed by atoms with Crippen molar-refractivity contribution in [2.45, 2.75) is 148 Å². The third-order valence-corrected chi connectivity index (χ3v) is 9.17. The fraction of sp³-hybridized carbons (Fsp3) is 0.682. The molecule has 0 bridgehead atoms. The number of hydrogen-bond acceptors (Lipinski definition) is 8. The van der Waals surface area contributed by atoms with Crippen LogP contribution >= 0.6 is 7.82 Å². The van der Waals surface area contributed by atoms with Gasteiger partial charge in [0.2, 0.25) is 0 Å². The molecule has 10 heteroatoms. The van der Waals surface area contributed by atoms with E-state index in [4.69, 9.17) is 18.5 Å². The molecule has 0 aliphatic heterocycles. The number of nitrogens with zero attached hydrogens (tertiary/aromatic N) is 1. The molecule has 0 rings (SSSR count). The van der Waals surface area contributed by atoms with E-state index in [-0.39, 0.29) is 26.1 Å². The van der Waals surface area contributed by atoms with Gasteiger partial charge in [0.15, 0.2) is 6.10 Å². The Morgan fingerprint density at radius 3 is 1.65 bits per heavy atom. The van der Waals surface area contributed by atoms with E-state index in [1.165, 1.54) is 38.5 Å². The number of carbonyl (C=O) groups excluding carboxylic acids is 2. The molecule has 0 amide bonds. The average molecular weight is 778 g/mol. The highest BCUT2D eigenvalue weighted by atomic mass is 31.2. The van der Waals surface area contributed by atoms with E-state index in [0.717, 1.165) is 64.2 Å². The molecule has 0 fully saturated rings. The van der Waals surface area contributed by atoms with Crippen LogP contribution in [0.5, 0.6) is 0 Å². The van der Waals surface area contributed by atoms with E-state index in [1.54, 1.807) is 0 Å². The maximum Gasteiger partial charge on any atom is 0.306 e. The summed E-state index contributed by atoms with van der Waals surface area (Å²) in [4.78, 5) is 37.4. The molecule has 310 valence electrons. The molecule has 9 nitrogen and oxygen atoms in total. The van der Waals surface area contributed by atoms with Gasteiger partial charge in [0.25, 0.3) is 7.82 Å². The molecule has 0 aromatic heterocycles. The third-order valence-electron chi connectivity index (χ3n) is 8.21. The van der Waals surface area contributed by atoms with Crippen LogP contribution < -0.4 is 4.89 Å². The predicted octanol–water partition coefficient (Wildman–Crippen LogP) is 10.8. The number of esters is 2. The molecule has 0 radical (unpaired) electrons. The minimum absolute atomic E-state index is 0.0458. The van der Waals surface area contributed by atoms with Crippen LogP contribution in [0.2, 0.25) is 0 Å². The summed E-state index contributed by atoms with van der Waals surface area (Å²) in [5.41, 5.74) is 0.